The van der Waals surface area contributed by atoms with Crippen LogP contribution in [0.25, 0.3) is 110 Å². The van der Waals surface area contributed by atoms with E-state index < -0.39 is 0 Å². The Morgan fingerprint density at radius 1 is 0.397 bits per heavy atom. The van der Waals surface area contributed by atoms with E-state index in [4.69, 9.17) is 4.42 Å². The van der Waals surface area contributed by atoms with E-state index in [-0.39, 0.29) is 5.41 Å². The molecule has 3 aliphatic rings. The fourth-order valence-corrected chi connectivity index (χ4v) is 14.4. The average molecular weight is 875 g/mol. The number of rotatable bonds is 4. The summed E-state index contributed by atoms with van der Waals surface area (Å²) in [6, 6.07) is 72.7. The molecule has 3 heterocycles. The van der Waals surface area contributed by atoms with Crippen LogP contribution in [0.2, 0.25) is 0 Å². The van der Waals surface area contributed by atoms with Crippen molar-refractivity contribution in [3.05, 3.63) is 205 Å². The summed E-state index contributed by atoms with van der Waals surface area (Å²) < 4.78 is 11.5. The summed E-state index contributed by atoms with van der Waals surface area (Å²) in [4.78, 5) is 0. The lowest BCUT2D eigenvalue weighted by molar-refractivity contribution is 0.0426. The van der Waals surface area contributed by atoms with Gasteiger partial charge in [-0.25, -0.2) is 0 Å². The second kappa shape index (κ2) is 14.2. The van der Waals surface area contributed by atoms with E-state index in [1.54, 1.807) is 11.1 Å². The third kappa shape index (κ3) is 5.30. The smallest absolute Gasteiger partial charge is 0.135 e. The van der Waals surface area contributed by atoms with Crippen LogP contribution in [-0.4, -0.2) is 9.13 Å². The van der Waals surface area contributed by atoms with Crippen molar-refractivity contribution in [2.24, 2.45) is 23.7 Å². The van der Waals surface area contributed by atoms with Crippen molar-refractivity contribution in [2.45, 2.75) is 44.9 Å². The Morgan fingerprint density at radius 2 is 0.956 bits per heavy atom. The van der Waals surface area contributed by atoms with Gasteiger partial charge in [0, 0.05) is 49.1 Å². The second-order valence-electron chi connectivity index (χ2n) is 20.7. The summed E-state index contributed by atoms with van der Waals surface area (Å²) in [5.74, 6) is 2.90. The van der Waals surface area contributed by atoms with E-state index in [0.717, 1.165) is 45.1 Å². The first-order valence-corrected chi connectivity index (χ1v) is 24.8. The van der Waals surface area contributed by atoms with Crippen molar-refractivity contribution in [3.8, 4) is 44.8 Å². The predicted octanol–water partition coefficient (Wildman–Crippen LogP) is 17.5. The molecule has 68 heavy (non-hydrogen) atoms. The van der Waals surface area contributed by atoms with E-state index in [0.29, 0.717) is 11.8 Å². The van der Waals surface area contributed by atoms with E-state index in [9.17, 15) is 0 Å². The Kier molecular flexibility index (Phi) is 8.04. The Morgan fingerprint density at radius 3 is 1.71 bits per heavy atom. The van der Waals surface area contributed by atoms with Crippen molar-refractivity contribution in [2.75, 3.05) is 0 Å². The van der Waals surface area contributed by atoms with Crippen LogP contribution in [-0.2, 0) is 5.41 Å². The molecule has 3 aromatic heterocycles. The Hall–Kier alpha value is -7.62. The average Bonchev–Trinajstić information content (AvgIpc) is 4.10. The van der Waals surface area contributed by atoms with Crippen LogP contribution in [0.5, 0.6) is 0 Å². The highest BCUT2D eigenvalue weighted by Gasteiger charge is 2.56. The number of fused-ring (bicyclic) bond motifs is 17. The standard InChI is InChI=1S/C65H50N2O/c1-39-30-41-32-40(2)65(46(31-39)33-41)57-17-9-6-14-49(57)50-25-20-43(35-58(50)65)42-23-28-63-55(34-42)56-38-48(24-29-64(56)68-63)67-60-19-11-8-16-52(60)54-27-22-45(37-62(54)67)44-21-26-53-51-15-7-10-18-59(51)66(61(53)36-44)47-12-4-3-5-13-47/h3-29,34-41,46H,30-33H2,1-2H3. The third-order valence-corrected chi connectivity index (χ3v) is 17.0. The molecule has 0 saturated heterocycles. The molecule has 2 saturated carbocycles. The molecule has 2 bridgehead atoms. The monoisotopic (exact) mass is 874 g/mol. The topological polar surface area (TPSA) is 23.0 Å². The van der Waals surface area contributed by atoms with Gasteiger partial charge >= 0.3 is 0 Å². The fourth-order valence-electron chi connectivity index (χ4n) is 14.4. The van der Waals surface area contributed by atoms with Crippen LogP contribution in [0.4, 0.5) is 0 Å². The molecule has 5 atom stereocenters. The third-order valence-electron chi connectivity index (χ3n) is 17.0. The fraction of sp³-hybridized carbons (Fsp3) is 0.169. The van der Waals surface area contributed by atoms with Gasteiger partial charge in [-0.1, -0.05) is 135 Å². The van der Waals surface area contributed by atoms with Crippen LogP contribution in [0, 0.1) is 23.7 Å². The zero-order chi connectivity index (χ0) is 44.8. The second-order valence-corrected chi connectivity index (χ2v) is 20.7. The molecule has 9 aromatic carbocycles. The minimum absolute atomic E-state index is 0.0611. The minimum atomic E-state index is 0.0611. The van der Waals surface area contributed by atoms with Crippen molar-refractivity contribution >= 4 is 65.6 Å². The van der Waals surface area contributed by atoms with Crippen LogP contribution in [0.15, 0.2) is 199 Å². The molecule has 0 N–H and O–H groups in total. The van der Waals surface area contributed by atoms with Gasteiger partial charge < -0.3 is 13.6 Å². The number of nitrogens with zero attached hydrogens (tertiary/aromatic N) is 2. The minimum Gasteiger partial charge on any atom is -0.456 e. The SMILES string of the molecule is CC1CC2CC(C)C3(c4ccccc4-c4ccc(-c5ccc6oc7ccc(-n8c9ccccc9c9ccc(-c%10ccc%11c%12ccccc%12n(-c%12ccccc%12)c%11c%10)cc98)cc7c6c5)cc43)C(C1)C2. The summed E-state index contributed by atoms with van der Waals surface area (Å²) in [7, 11) is 0. The maximum Gasteiger partial charge on any atom is 0.135 e. The van der Waals surface area contributed by atoms with E-state index in [1.807, 2.05) is 0 Å². The molecule has 15 rings (SSSR count). The van der Waals surface area contributed by atoms with Crippen LogP contribution in [0.3, 0.4) is 0 Å². The van der Waals surface area contributed by atoms with Gasteiger partial charge in [0.25, 0.3) is 0 Å². The lowest BCUT2D eigenvalue weighted by Crippen LogP contribution is -2.49. The zero-order valence-electron chi connectivity index (χ0n) is 38.4. The van der Waals surface area contributed by atoms with Gasteiger partial charge in [-0.2, -0.15) is 0 Å². The van der Waals surface area contributed by atoms with Gasteiger partial charge in [-0.05, 0) is 167 Å². The van der Waals surface area contributed by atoms with Gasteiger partial charge in [0.1, 0.15) is 11.2 Å². The van der Waals surface area contributed by atoms with E-state index in [2.05, 4.69) is 217 Å². The van der Waals surface area contributed by atoms with Gasteiger partial charge in [-0.15, -0.1) is 0 Å². The Labute approximate surface area is 395 Å². The van der Waals surface area contributed by atoms with Gasteiger partial charge in [0.05, 0.1) is 22.1 Å². The van der Waals surface area contributed by atoms with Crippen molar-refractivity contribution in [1.29, 1.82) is 0 Å². The summed E-state index contributed by atoms with van der Waals surface area (Å²) in [6.07, 6.45) is 5.38. The predicted molar refractivity (Wildman–Crippen MR) is 283 cm³/mol. The first kappa shape index (κ1) is 38.5. The highest BCUT2D eigenvalue weighted by molar-refractivity contribution is 6.13. The molecular formula is C65H50N2O. The highest BCUT2D eigenvalue weighted by atomic mass is 16.3. The highest BCUT2D eigenvalue weighted by Crippen LogP contribution is 2.65. The number of hydrogen-bond donors (Lipinski definition) is 0. The van der Waals surface area contributed by atoms with Gasteiger partial charge in [-0.3, -0.25) is 0 Å². The van der Waals surface area contributed by atoms with Crippen molar-refractivity contribution in [1.82, 2.24) is 9.13 Å². The van der Waals surface area contributed by atoms with E-state index in [1.165, 1.54) is 103 Å². The van der Waals surface area contributed by atoms with Crippen LogP contribution < -0.4 is 0 Å². The molecule has 3 heteroatoms. The summed E-state index contributed by atoms with van der Waals surface area (Å²) >= 11 is 0. The molecule has 3 nitrogen and oxygen atoms in total. The normalized spacial score (nSPS) is 20.9. The zero-order valence-corrected chi connectivity index (χ0v) is 38.4. The first-order chi connectivity index (χ1) is 33.5. The van der Waals surface area contributed by atoms with Gasteiger partial charge in [0.15, 0.2) is 0 Å². The molecule has 1 spiro atoms. The molecule has 3 aliphatic carbocycles. The molecule has 0 amide bonds. The number of benzene rings is 9. The summed E-state index contributed by atoms with van der Waals surface area (Å²) in [5.41, 5.74) is 19.9. The van der Waals surface area contributed by atoms with E-state index >= 15 is 0 Å². The Bertz CT molecular complexity index is 4050. The quantitative estimate of drug-likeness (QED) is 0.173. The molecule has 2 fully saturated rings. The summed E-state index contributed by atoms with van der Waals surface area (Å²) in [5, 5.41) is 7.29. The molecule has 12 aromatic rings. The maximum absolute atomic E-state index is 6.63. The summed E-state index contributed by atoms with van der Waals surface area (Å²) in [6.45, 7) is 5.07. The van der Waals surface area contributed by atoms with Crippen LogP contribution in [0.1, 0.15) is 50.7 Å². The Balaban J connectivity index is 0.869. The first-order valence-electron chi connectivity index (χ1n) is 24.8. The molecule has 326 valence electrons. The number of hydrogen-bond acceptors (Lipinski definition) is 1. The molecule has 5 unspecified atom stereocenters. The number of para-hydroxylation sites is 3. The van der Waals surface area contributed by atoms with Crippen molar-refractivity contribution < 1.29 is 4.42 Å². The van der Waals surface area contributed by atoms with Crippen LogP contribution >= 0.6 is 0 Å². The molecule has 0 aliphatic heterocycles. The lowest BCUT2D eigenvalue weighted by atomic mass is 9.49. The number of furan rings is 1. The van der Waals surface area contributed by atoms with Crippen molar-refractivity contribution in [3.63, 3.8) is 0 Å². The lowest BCUT2D eigenvalue weighted by Gasteiger charge is -2.54. The molecular weight excluding hydrogens is 825 g/mol. The molecule has 0 radical (unpaired) electrons. The largest absolute Gasteiger partial charge is 0.456 e. The number of aromatic nitrogens is 2. The van der Waals surface area contributed by atoms with Gasteiger partial charge in [0.2, 0.25) is 0 Å². The maximum atomic E-state index is 6.63.